The lowest BCUT2D eigenvalue weighted by Crippen LogP contribution is -2.41. The van der Waals surface area contributed by atoms with Crippen molar-refractivity contribution in [2.45, 2.75) is 12.8 Å². The number of nitrogens with zero attached hydrogens (tertiary/aromatic N) is 1. The van der Waals surface area contributed by atoms with E-state index < -0.39 is 36.1 Å². The number of esters is 1. The number of nitrogens with two attached hydrogens (primary N) is 1. The minimum atomic E-state index is -0.662. The molecular weight excluding hydrogens is 413 g/mol. The van der Waals surface area contributed by atoms with Crippen molar-refractivity contribution in [2.75, 3.05) is 25.0 Å². The van der Waals surface area contributed by atoms with Crippen LogP contribution >= 0.6 is 11.3 Å². The molecule has 3 N–H and O–H groups in total. The Labute approximate surface area is 175 Å². The third-order valence-corrected chi connectivity index (χ3v) is 5.57. The molecule has 0 aliphatic carbocycles. The van der Waals surface area contributed by atoms with E-state index in [1.165, 1.54) is 30.3 Å². The summed E-state index contributed by atoms with van der Waals surface area (Å²) in [5, 5.41) is 4.41. The van der Waals surface area contributed by atoms with Gasteiger partial charge in [-0.2, -0.15) is 0 Å². The van der Waals surface area contributed by atoms with Gasteiger partial charge in [0, 0.05) is 18.7 Å². The van der Waals surface area contributed by atoms with E-state index >= 15 is 0 Å². The van der Waals surface area contributed by atoms with Crippen LogP contribution in [0.5, 0.6) is 0 Å². The third-order valence-electron chi connectivity index (χ3n) is 4.74. The third kappa shape index (κ3) is 5.20. The van der Waals surface area contributed by atoms with E-state index in [0.29, 0.717) is 36.5 Å². The van der Waals surface area contributed by atoms with Crippen molar-refractivity contribution in [2.24, 2.45) is 11.7 Å². The van der Waals surface area contributed by atoms with Gasteiger partial charge in [-0.05, 0) is 48.6 Å². The Morgan fingerprint density at radius 3 is 2.43 bits per heavy atom. The van der Waals surface area contributed by atoms with Gasteiger partial charge in [-0.3, -0.25) is 19.2 Å². The van der Waals surface area contributed by atoms with Crippen molar-refractivity contribution in [3.63, 3.8) is 0 Å². The Balaban J connectivity index is 1.44. The summed E-state index contributed by atoms with van der Waals surface area (Å²) in [4.78, 5) is 49.5. The summed E-state index contributed by atoms with van der Waals surface area (Å²) in [5.41, 5.74) is 5.80. The number of carbonyl (C=O) groups excluding carboxylic acids is 4. The minimum absolute atomic E-state index is 0.192. The predicted molar refractivity (Wildman–Crippen MR) is 107 cm³/mol. The molecular formula is C20H20FN3O5S. The number of hydrogen-bond donors (Lipinski definition) is 2. The first-order valence-electron chi connectivity index (χ1n) is 9.23. The first kappa shape index (κ1) is 21.4. The minimum Gasteiger partial charge on any atom is -0.455 e. The van der Waals surface area contributed by atoms with Gasteiger partial charge >= 0.3 is 5.97 Å². The van der Waals surface area contributed by atoms with Gasteiger partial charge in [0.2, 0.25) is 0 Å². The summed E-state index contributed by atoms with van der Waals surface area (Å²) in [5.74, 6) is -2.80. The number of likely N-dealkylation sites (tertiary alicyclic amines) is 1. The summed E-state index contributed by atoms with van der Waals surface area (Å²) in [7, 11) is 0. The maximum atomic E-state index is 13.0. The molecule has 2 heterocycles. The Morgan fingerprint density at radius 1 is 1.13 bits per heavy atom. The Bertz CT molecular complexity index is 952. The summed E-state index contributed by atoms with van der Waals surface area (Å²) >= 11 is 1.14. The summed E-state index contributed by atoms with van der Waals surface area (Å²) in [6.07, 6.45) is 0.814. The summed E-state index contributed by atoms with van der Waals surface area (Å²) in [6, 6.07) is 6.80. The highest BCUT2D eigenvalue weighted by Gasteiger charge is 2.29. The molecule has 0 atom stereocenters. The first-order valence-corrected chi connectivity index (χ1v) is 10.1. The molecule has 1 fully saturated rings. The van der Waals surface area contributed by atoms with Gasteiger partial charge in [0.15, 0.2) is 6.61 Å². The SMILES string of the molecule is NC(=O)c1ccsc1NC(=O)COC(=O)C1CCN(C(=O)c2ccc(F)cc2)CC1. The van der Waals surface area contributed by atoms with Gasteiger partial charge in [-0.15, -0.1) is 11.3 Å². The number of amides is 3. The number of benzene rings is 1. The Hall–Kier alpha value is -3.27. The lowest BCUT2D eigenvalue weighted by Gasteiger charge is -2.31. The maximum Gasteiger partial charge on any atom is 0.309 e. The van der Waals surface area contributed by atoms with E-state index in [1.807, 2.05) is 0 Å². The monoisotopic (exact) mass is 433 g/mol. The van der Waals surface area contributed by atoms with Gasteiger partial charge in [0.05, 0.1) is 11.5 Å². The number of anilines is 1. The molecule has 30 heavy (non-hydrogen) atoms. The van der Waals surface area contributed by atoms with E-state index in [2.05, 4.69) is 5.32 Å². The van der Waals surface area contributed by atoms with Crippen LogP contribution in [-0.4, -0.2) is 48.3 Å². The number of piperidine rings is 1. The van der Waals surface area contributed by atoms with Crippen LogP contribution < -0.4 is 11.1 Å². The molecule has 3 amide bonds. The number of hydrogen-bond acceptors (Lipinski definition) is 6. The lowest BCUT2D eigenvalue weighted by molar-refractivity contribution is -0.152. The van der Waals surface area contributed by atoms with Crippen LogP contribution in [0.2, 0.25) is 0 Å². The lowest BCUT2D eigenvalue weighted by atomic mass is 9.96. The molecule has 3 rings (SSSR count). The van der Waals surface area contributed by atoms with Crippen molar-refractivity contribution < 1.29 is 28.3 Å². The number of carbonyl (C=O) groups is 4. The highest BCUT2D eigenvalue weighted by Crippen LogP contribution is 2.23. The molecule has 158 valence electrons. The maximum absolute atomic E-state index is 13.0. The quantitative estimate of drug-likeness (QED) is 0.676. The molecule has 1 aliphatic heterocycles. The van der Waals surface area contributed by atoms with Crippen LogP contribution in [-0.2, 0) is 14.3 Å². The second-order valence-electron chi connectivity index (χ2n) is 6.76. The van der Waals surface area contributed by atoms with E-state index in [9.17, 15) is 23.6 Å². The van der Waals surface area contributed by atoms with E-state index in [4.69, 9.17) is 10.5 Å². The molecule has 1 aromatic heterocycles. The fourth-order valence-electron chi connectivity index (χ4n) is 3.11. The van der Waals surface area contributed by atoms with E-state index in [0.717, 1.165) is 11.3 Å². The fraction of sp³-hybridized carbons (Fsp3) is 0.300. The van der Waals surface area contributed by atoms with Crippen LogP contribution in [0.4, 0.5) is 9.39 Å². The van der Waals surface area contributed by atoms with Gasteiger partial charge in [-0.25, -0.2) is 4.39 Å². The van der Waals surface area contributed by atoms with E-state index in [1.54, 1.807) is 10.3 Å². The topological polar surface area (TPSA) is 119 Å². The fourth-order valence-corrected chi connectivity index (χ4v) is 3.92. The van der Waals surface area contributed by atoms with Crippen LogP contribution in [0, 0.1) is 11.7 Å². The van der Waals surface area contributed by atoms with Gasteiger partial charge in [0.1, 0.15) is 10.8 Å². The van der Waals surface area contributed by atoms with Crippen molar-refractivity contribution in [3.8, 4) is 0 Å². The number of rotatable bonds is 6. The predicted octanol–water partition coefficient (Wildman–Crippen LogP) is 2.02. The number of primary amides is 1. The summed E-state index contributed by atoms with van der Waals surface area (Å²) in [6.45, 7) is 0.238. The van der Waals surface area contributed by atoms with Crippen molar-refractivity contribution in [3.05, 3.63) is 52.7 Å². The molecule has 0 saturated carbocycles. The molecule has 1 aromatic carbocycles. The highest BCUT2D eigenvalue weighted by atomic mass is 32.1. The Morgan fingerprint density at radius 2 is 1.80 bits per heavy atom. The smallest absolute Gasteiger partial charge is 0.309 e. The molecule has 0 bridgehead atoms. The molecule has 0 spiro atoms. The zero-order valence-electron chi connectivity index (χ0n) is 15.9. The van der Waals surface area contributed by atoms with Crippen molar-refractivity contribution in [1.29, 1.82) is 0 Å². The normalized spacial score (nSPS) is 14.2. The van der Waals surface area contributed by atoms with Gasteiger partial charge in [-0.1, -0.05) is 0 Å². The average Bonchev–Trinajstić information content (AvgIpc) is 3.20. The molecule has 10 heteroatoms. The first-order chi connectivity index (χ1) is 14.3. The molecule has 0 radical (unpaired) electrons. The second kappa shape index (κ2) is 9.49. The number of halogens is 1. The van der Waals surface area contributed by atoms with Crippen LogP contribution in [0.1, 0.15) is 33.6 Å². The zero-order valence-corrected chi connectivity index (χ0v) is 16.7. The molecule has 8 nitrogen and oxygen atoms in total. The highest BCUT2D eigenvalue weighted by molar-refractivity contribution is 7.14. The van der Waals surface area contributed by atoms with Crippen molar-refractivity contribution >= 4 is 40.0 Å². The van der Waals surface area contributed by atoms with Crippen molar-refractivity contribution in [1.82, 2.24) is 4.90 Å². The Kier molecular flexibility index (Phi) is 6.78. The summed E-state index contributed by atoms with van der Waals surface area (Å²) < 4.78 is 18.1. The van der Waals surface area contributed by atoms with Crippen LogP contribution in [0.3, 0.4) is 0 Å². The largest absolute Gasteiger partial charge is 0.455 e. The van der Waals surface area contributed by atoms with Gasteiger partial charge in [0.25, 0.3) is 17.7 Å². The molecule has 0 unspecified atom stereocenters. The van der Waals surface area contributed by atoms with Crippen LogP contribution in [0.25, 0.3) is 0 Å². The number of thiophene rings is 1. The molecule has 1 saturated heterocycles. The molecule has 2 aromatic rings. The second-order valence-corrected chi connectivity index (χ2v) is 7.67. The number of ether oxygens (including phenoxy) is 1. The van der Waals surface area contributed by atoms with Crippen LogP contribution in [0.15, 0.2) is 35.7 Å². The van der Waals surface area contributed by atoms with Gasteiger partial charge < -0.3 is 20.7 Å². The molecule has 1 aliphatic rings. The zero-order chi connectivity index (χ0) is 21.7. The van der Waals surface area contributed by atoms with E-state index in [-0.39, 0.29) is 11.5 Å². The number of nitrogens with one attached hydrogen (secondary N) is 1. The average molecular weight is 433 g/mol. The standard InChI is InChI=1S/C20H20FN3O5S/c21-14-3-1-12(2-4-14)19(27)24-8-5-13(6-9-24)20(28)29-11-16(25)23-18-15(17(22)26)7-10-30-18/h1-4,7,10,13H,5-6,8-9,11H2,(H2,22,26)(H,23,25).